The molecular formula is C27H33N3O2S. The predicted octanol–water partition coefficient (Wildman–Crippen LogP) is 6.23. The van der Waals surface area contributed by atoms with Crippen LogP contribution < -0.4 is 5.32 Å². The fraction of sp³-hybridized carbons (Fsp3) is 0.333. The first-order valence-corrected chi connectivity index (χ1v) is 12.2. The van der Waals surface area contributed by atoms with Gasteiger partial charge in [-0.3, -0.25) is 4.79 Å². The van der Waals surface area contributed by atoms with Crippen LogP contribution in [0.4, 0.5) is 10.5 Å². The summed E-state index contributed by atoms with van der Waals surface area (Å²) in [5, 5.41) is 5.04. The third kappa shape index (κ3) is 6.68. The zero-order valence-electron chi connectivity index (χ0n) is 19.9. The molecule has 2 aromatic carbocycles. The van der Waals surface area contributed by atoms with Crippen LogP contribution in [-0.4, -0.2) is 34.3 Å². The van der Waals surface area contributed by atoms with E-state index in [1.54, 1.807) is 16.2 Å². The van der Waals surface area contributed by atoms with Crippen LogP contribution in [0.3, 0.4) is 0 Å². The van der Waals surface area contributed by atoms with E-state index in [4.69, 9.17) is 0 Å². The van der Waals surface area contributed by atoms with Crippen molar-refractivity contribution in [3.05, 3.63) is 87.6 Å². The molecule has 1 unspecified atom stereocenters. The van der Waals surface area contributed by atoms with Crippen molar-refractivity contribution in [3.63, 3.8) is 0 Å². The Hall–Kier alpha value is -3.12. The Morgan fingerprint density at radius 2 is 1.73 bits per heavy atom. The molecular weight excluding hydrogens is 430 g/mol. The van der Waals surface area contributed by atoms with E-state index < -0.39 is 0 Å². The first-order valence-electron chi connectivity index (χ1n) is 11.4. The number of nitrogens with one attached hydrogen (secondary N) is 1. The Morgan fingerprint density at radius 1 is 0.970 bits per heavy atom. The maximum absolute atomic E-state index is 13.5. The number of hydrogen-bond acceptors (Lipinski definition) is 3. The third-order valence-corrected chi connectivity index (χ3v) is 6.89. The highest BCUT2D eigenvalue weighted by Gasteiger charge is 2.25. The number of carbonyl (C=O) groups excluding carboxylic acids is 2. The van der Waals surface area contributed by atoms with Crippen molar-refractivity contribution >= 4 is 29.0 Å². The summed E-state index contributed by atoms with van der Waals surface area (Å²) in [7, 11) is 0. The van der Waals surface area contributed by atoms with Gasteiger partial charge in [0.2, 0.25) is 5.91 Å². The first kappa shape index (κ1) is 24.5. The summed E-state index contributed by atoms with van der Waals surface area (Å²) in [5.41, 5.74) is 3.99. The fourth-order valence-corrected chi connectivity index (χ4v) is 4.31. The Balaban J connectivity index is 1.79. The molecule has 0 spiro atoms. The van der Waals surface area contributed by atoms with Gasteiger partial charge in [-0.2, -0.15) is 0 Å². The van der Waals surface area contributed by atoms with Crippen LogP contribution in [0.25, 0.3) is 0 Å². The normalized spacial score (nSPS) is 11.6. The summed E-state index contributed by atoms with van der Waals surface area (Å²) in [6.45, 7) is 9.09. The van der Waals surface area contributed by atoms with Gasteiger partial charge in [-0.15, -0.1) is 11.3 Å². The van der Waals surface area contributed by atoms with Crippen LogP contribution in [-0.2, 0) is 17.9 Å². The highest BCUT2D eigenvalue weighted by Crippen LogP contribution is 2.20. The third-order valence-electron chi connectivity index (χ3n) is 6.03. The van der Waals surface area contributed by atoms with E-state index in [0.29, 0.717) is 13.1 Å². The van der Waals surface area contributed by atoms with Crippen molar-refractivity contribution in [3.8, 4) is 0 Å². The lowest BCUT2D eigenvalue weighted by molar-refractivity contribution is -0.133. The molecule has 0 aliphatic rings. The summed E-state index contributed by atoms with van der Waals surface area (Å²) in [4.78, 5) is 31.4. The molecule has 0 fully saturated rings. The number of aryl methyl sites for hydroxylation is 1. The zero-order chi connectivity index (χ0) is 23.8. The minimum atomic E-state index is -0.248. The van der Waals surface area contributed by atoms with E-state index in [0.717, 1.165) is 33.7 Å². The number of hydrogen-bond donors (Lipinski definition) is 1. The minimum absolute atomic E-state index is 0.0317. The number of thiophene rings is 1. The molecule has 0 aliphatic heterocycles. The van der Waals surface area contributed by atoms with Gasteiger partial charge in [0.15, 0.2) is 0 Å². The standard InChI is InChI=1S/C27H33N3O2S/c1-5-21(3)30(27(32)28-25-15-9-11-20(2)22(25)4)19-26(31)29(18-24-14-10-16-33-24)17-23-12-7-6-8-13-23/h6-16,21H,5,17-19H2,1-4H3,(H,28,32). The number of anilines is 1. The number of benzene rings is 2. The minimum Gasteiger partial charge on any atom is -0.332 e. The lowest BCUT2D eigenvalue weighted by atomic mass is 10.1. The highest BCUT2D eigenvalue weighted by atomic mass is 32.1. The molecule has 1 atom stereocenters. The first-order chi connectivity index (χ1) is 15.9. The van der Waals surface area contributed by atoms with Gasteiger partial charge in [-0.1, -0.05) is 55.5 Å². The molecule has 33 heavy (non-hydrogen) atoms. The molecule has 1 heterocycles. The molecule has 0 saturated heterocycles. The van der Waals surface area contributed by atoms with Crippen molar-refractivity contribution in [2.24, 2.45) is 0 Å². The van der Waals surface area contributed by atoms with Crippen LogP contribution in [0, 0.1) is 13.8 Å². The fourth-order valence-electron chi connectivity index (χ4n) is 3.59. The Kier molecular flexibility index (Phi) is 8.66. The van der Waals surface area contributed by atoms with E-state index in [9.17, 15) is 9.59 Å². The second-order valence-electron chi connectivity index (χ2n) is 8.38. The molecule has 5 nitrogen and oxygen atoms in total. The quantitative estimate of drug-likeness (QED) is 0.409. The van der Waals surface area contributed by atoms with Gasteiger partial charge in [-0.25, -0.2) is 4.79 Å². The van der Waals surface area contributed by atoms with Crippen LogP contribution in [0.1, 0.15) is 41.8 Å². The average Bonchev–Trinajstić information content (AvgIpc) is 3.33. The monoisotopic (exact) mass is 463 g/mol. The van der Waals surface area contributed by atoms with Gasteiger partial charge >= 0.3 is 6.03 Å². The van der Waals surface area contributed by atoms with E-state index >= 15 is 0 Å². The van der Waals surface area contributed by atoms with E-state index in [1.807, 2.05) is 98.6 Å². The van der Waals surface area contributed by atoms with Crippen molar-refractivity contribution < 1.29 is 9.59 Å². The molecule has 0 radical (unpaired) electrons. The van der Waals surface area contributed by atoms with E-state index in [2.05, 4.69) is 5.32 Å². The maximum Gasteiger partial charge on any atom is 0.322 e. The second kappa shape index (κ2) is 11.7. The molecule has 3 aromatic rings. The molecule has 0 bridgehead atoms. The Labute approximate surface area is 201 Å². The lowest BCUT2D eigenvalue weighted by Gasteiger charge is -2.31. The van der Waals surface area contributed by atoms with Crippen LogP contribution >= 0.6 is 11.3 Å². The van der Waals surface area contributed by atoms with Crippen molar-refractivity contribution in [2.75, 3.05) is 11.9 Å². The van der Waals surface area contributed by atoms with E-state index in [-0.39, 0.29) is 24.5 Å². The molecule has 6 heteroatoms. The summed E-state index contributed by atoms with van der Waals surface area (Å²) < 4.78 is 0. The summed E-state index contributed by atoms with van der Waals surface area (Å²) >= 11 is 1.63. The zero-order valence-corrected chi connectivity index (χ0v) is 20.7. The summed E-state index contributed by atoms with van der Waals surface area (Å²) in [6.07, 6.45) is 0.761. The predicted molar refractivity (Wildman–Crippen MR) is 136 cm³/mol. The van der Waals surface area contributed by atoms with Gasteiger partial charge in [0.25, 0.3) is 0 Å². The van der Waals surface area contributed by atoms with Crippen LogP contribution in [0.2, 0.25) is 0 Å². The molecule has 3 rings (SSSR count). The SMILES string of the molecule is CCC(C)N(CC(=O)N(Cc1ccccc1)Cc1cccs1)C(=O)Nc1cccc(C)c1C. The molecule has 0 aliphatic carbocycles. The van der Waals surface area contributed by atoms with Crippen LogP contribution in [0.5, 0.6) is 0 Å². The van der Waals surface area contributed by atoms with Crippen LogP contribution in [0.15, 0.2) is 66.0 Å². The summed E-state index contributed by atoms with van der Waals surface area (Å²) in [5.74, 6) is -0.0660. The Morgan fingerprint density at radius 3 is 2.39 bits per heavy atom. The van der Waals surface area contributed by atoms with Crippen molar-refractivity contribution in [1.82, 2.24) is 9.80 Å². The number of urea groups is 1. The topological polar surface area (TPSA) is 52.7 Å². The smallest absolute Gasteiger partial charge is 0.322 e. The number of rotatable bonds is 9. The molecule has 0 saturated carbocycles. The largest absolute Gasteiger partial charge is 0.332 e. The van der Waals surface area contributed by atoms with E-state index in [1.165, 1.54) is 0 Å². The second-order valence-corrected chi connectivity index (χ2v) is 9.41. The molecule has 174 valence electrons. The number of nitrogens with zero attached hydrogens (tertiary/aromatic N) is 2. The van der Waals surface area contributed by atoms with Gasteiger partial charge in [0, 0.05) is 23.2 Å². The lowest BCUT2D eigenvalue weighted by Crippen LogP contribution is -2.47. The molecule has 3 amide bonds. The average molecular weight is 464 g/mol. The molecule has 1 aromatic heterocycles. The van der Waals surface area contributed by atoms with Crippen molar-refractivity contribution in [2.45, 2.75) is 53.2 Å². The van der Waals surface area contributed by atoms with Gasteiger partial charge < -0.3 is 15.1 Å². The van der Waals surface area contributed by atoms with Gasteiger partial charge in [-0.05, 0) is 61.4 Å². The number of carbonyl (C=O) groups is 2. The highest BCUT2D eigenvalue weighted by molar-refractivity contribution is 7.09. The van der Waals surface area contributed by atoms with Crippen molar-refractivity contribution in [1.29, 1.82) is 0 Å². The Bertz CT molecular complexity index is 1050. The molecule has 1 N–H and O–H groups in total. The van der Waals surface area contributed by atoms with Gasteiger partial charge in [0.1, 0.15) is 6.54 Å². The van der Waals surface area contributed by atoms with Gasteiger partial charge in [0.05, 0.1) is 6.54 Å². The number of amides is 3. The summed E-state index contributed by atoms with van der Waals surface area (Å²) in [6, 6.07) is 19.5. The maximum atomic E-state index is 13.5.